The summed E-state index contributed by atoms with van der Waals surface area (Å²) in [5, 5.41) is 0.232. The number of para-hydroxylation sites is 1. The summed E-state index contributed by atoms with van der Waals surface area (Å²) in [5.74, 6) is 0.101. The van der Waals surface area contributed by atoms with E-state index in [1.165, 1.54) is 18.2 Å². The van der Waals surface area contributed by atoms with Crippen LogP contribution in [0.25, 0.3) is 22.4 Å². The lowest BCUT2D eigenvalue weighted by Crippen LogP contribution is -2.07. The van der Waals surface area contributed by atoms with Crippen LogP contribution in [-0.4, -0.2) is 14.3 Å². The van der Waals surface area contributed by atoms with Gasteiger partial charge in [0, 0.05) is 16.9 Å². The van der Waals surface area contributed by atoms with Crippen molar-refractivity contribution in [3.8, 4) is 11.5 Å². The zero-order valence-electron chi connectivity index (χ0n) is 9.85. The zero-order valence-corrected chi connectivity index (χ0v) is 10.7. The highest BCUT2D eigenvalue weighted by Crippen LogP contribution is 2.36. The molecule has 3 rings (SSSR count). The molecule has 0 amide bonds. The molecule has 0 bridgehead atoms. The Labute approximate surface area is 115 Å². The molecule has 0 aliphatic rings. The van der Waals surface area contributed by atoms with E-state index in [9.17, 15) is 13.2 Å². The van der Waals surface area contributed by atoms with Crippen LogP contribution in [0.5, 0.6) is 0 Å². The van der Waals surface area contributed by atoms with Gasteiger partial charge in [0.2, 0.25) is 0 Å². The number of hydrogen-bond acceptors (Lipinski definition) is 5. The van der Waals surface area contributed by atoms with Gasteiger partial charge in [0.1, 0.15) is 5.69 Å². The summed E-state index contributed by atoms with van der Waals surface area (Å²) in [6.45, 7) is 0. The Balaban J connectivity index is 2.30. The summed E-state index contributed by atoms with van der Waals surface area (Å²) in [7, 11) is 0. The summed E-state index contributed by atoms with van der Waals surface area (Å²) < 4.78 is 43.3. The van der Waals surface area contributed by atoms with Crippen molar-refractivity contribution in [3.63, 3.8) is 0 Å². The van der Waals surface area contributed by atoms with Crippen molar-refractivity contribution in [2.45, 2.75) is 6.18 Å². The lowest BCUT2D eigenvalue weighted by atomic mass is 10.1. The Hall–Kier alpha value is -2.22. The van der Waals surface area contributed by atoms with E-state index in [2.05, 4.69) is 14.3 Å². The molecule has 2 aromatic heterocycles. The van der Waals surface area contributed by atoms with Crippen LogP contribution in [-0.2, 0) is 6.18 Å². The molecule has 0 radical (unpaired) electrons. The summed E-state index contributed by atoms with van der Waals surface area (Å²) >= 11 is 0.913. The van der Waals surface area contributed by atoms with Gasteiger partial charge in [-0.1, -0.05) is 18.2 Å². The fourth-order valence-electron chi connectivity index (χ4n) is 1.86. The highest BCUT2D eigenvalue weighted by atomic mass is 32.1. The van der Waals surface area contributed by atoms with Crippen molar-refractivity contribution in [2.75, 3.05) is 5.73 Å². The zero-order chi connectivity index (χ0) is 14.3. The van der Waals surface area contributed by atoms with Crippen LogP contribution in [0.1, 0.15) is 5.56 Å². The fourth-order valence-corrected chi connectivity index (χ4v) is 2.31. The van der Waals surface area contributed by atoms with Gasteiger partial charge < -0.3 is 5.73 Å². The molecule has 4 nitrogen and oxygen atoms in total. The van der Waals surface area contributed by atoms with Crippen molar-refractivity contribution in [2.24, 2.45) is 0 Å². The predicted molar refractivity (Wildman–Crippen MR) is 70.1 cm³/mol. The van der Waals surface area contributed by atoms with Gasteiger partial charge in [-0.25, -0.2) is 4.98 Å². The first kappa shape index (κ1) is 12.8. The maximum Gasteiger partial charge on any atom is 0.417 e. The Morgan fingerprint density at radius 2 is 1.85 bits per heavy atom. The lowest BCUT2D eigenvalue weighted by Gasteiger charge is -2.11. The van der Waals surface area contributed by atoms with Gasteiger partial charge in [0.15, 0.2) is 11.0 Å². The van der Waals surface area contributed by atoms with E-state index >= 15 is 0 Å². The van der Waals surface area contributed by atoms with Crippen molar-refractivity contribution in [1.29, 1.82) is 0 Å². The molecule has 0 aliphatic heterocycles. The van der Waals surface area contributed by atoms with Crippen molar-refractivity contribution in [3.05, 3.63) is 35.9 Å². The lowest BCUT2D eigenvalue weighted by molar-refractivity contribution is -0.136. The molecule has 0 saturated heterocycles. The number of alkyl halides is 3. The molecular formula is C12H7F3N4S. The second kappa shape index (κ2) is 4.41. The number of fused-ring (bicyclic) bond motifs is 1. The molecule has 102 valence electrons. The molecule has 0 aliphatic carbocycles. The summed E-state index contributed by atoms with van der Waals surface area (Å²) in [6, 6.07) is 7.02. The van der Waals surface area contributed by atoms with Crippen LogP contribution in [0.15, 0.2) is 30.3 Å². The maximum absolute atomic E-state index is 13.1. The molecule has 0 atom stereocenters. The van der Waals surface area contributed by atoms with E-state index in [0.29, 0.717) is 0 Å². The van der Waals surface area contributed by atoms with Gasteiger partial charge in [-0.05, 0) is 12.1 Å². The summed E-state index contributed by atoms with van der Waals surface area (Å²) in [6.07, 6.45) is -4.47. The monoisotopic (exact) mass is 296 g/mol. The first-order valence-electron chi connectivity index (χ1n) is 5.52. The van der Waals surface area contributed by atoms with E-state index in [4.69, 9.17) is 5.73 Å². The van der Waals surface area contributed by atoms with Gasteiger partial charge in [-0.2, -0.15) is 22.5 Å². The minimum Gasteiger partial charge on any atom is -0.374 e. The number of rotatable bonds is 1. The molecule has 2 N–H and O–H groups in total. The largest absolute Gasteiger partial charge is 0.417 e. The highest BCUT2D eigenvalue weighted by Gasteiger charge is 2.33. The van der Waals surface area contributed by atoms with E-state index in [1.807, 2.05) is 0 Å². The number of aromatic nitrogens is 3. The third-order valence-electron chi connectivity index (χ3n) is 2.69. The molecule has 0 fully saturated rings. The van der Waals surface area contributed by atoms with Gasteiger partial charge in [-0.3, -0.25) is 0 Å². The van der Waals surface area contributed by atoms with Crippen LogP contribution in [0.2, 0.25) is 0 Å². The molecule has 1 aromatic carbocycles. The minimum absolute atomic E-state index is 0.0481. The highest BCUT2D eigenvalue weighted by molar-refractivity contribution is 7.09. The smallest absolute Gasteiger partial charge is 0.374 e. The number of nitrogen functional groups attached to an aromatic ring is 1. The van der Waals surface area contributed by atoms with Crippen molar-refractivity contribution in [1.82, 2.24) is 14.3 Å². The number of pyridine rings is 1. The number of halogens is 3. The first-order valence-corrected chi connectivity index (χ1v) is 6.29. The van der Waals surface area contributed by atoms with Crippen LogP contribution < -0.4 is 5.73 Å². The first-order chi connectivity index (χ1) is 9.45. The minimum atomic E-state index is -4.47. The average Bonchev–Trinajstić information content (AvgIpc) is 2.83. The van der Waals surface area contributed by atoms with Crippen molar-refractivity contribution >= 4 is 27.6 Å². The molecule has 0 unspecified atom stereocenters. The standard InChI is InChI=1S/C12H7F3N4S/c13-12(14,15)7-5-9(10-18-11(16)20-19-10)17-8-4-2-1-3-6(7)8/h1-5H,(H2,16,18,19). The van der Waals surface area contributed by atoms with E-state index in [0.717, 1.165) is 17.6 Å². The molecule has 8 heteroatoms. The third kappa shape index (κ3) is 2.18. The van der Waals surface area contributed by atoms with Crippen LogP contribution in [0.4, 0.5) is 18.3 Å². The summed E-state index contributed by atoms with van der Waals surface area (Å²) in [5.41, 5.74) is 4.99. The van der Waals surface area contributed by atoms with Crippen molar-refractivity contribution < 1.29 is 13.2 Å². The van der Waals surface area contributed by atoms with E-state index < -0.39 is 11.7 Å². The van der Waals surface area contributed by atoms with E-state index in [-0.39, 0.29) is 27.6 Å². The average molecular weight is 296 g/mol. The Morgan fingerprint density at radius 3 is 2.50 bits per heavy atom. The normalized spacial score (nSPS) is 11.9. The van der Waals surface area contributed by atoms with Gasteiger partial charge in [0.05, 0.1) is 11.1 Å². The second-order valence-corrected chi connectivity index (χ2v) is 4.81. The molecule has 20 heavy (non-hydrogen) atoms. The molecule has 2 heterocycles. The Kier molecular flexibility index (Phi) is 2.82. The topological polar surface area (TPSA) is 64.7 Å². The number of nitrogens with two attached hydrogens (primary N) is 1. The SMILES string of the molecule is Nc1nc(-c2cc(C(F)(F)F)c3ccccc3n2)ns1. The number of anilines is 1. The number of nitrogens with zero attached hydrogens (tertiary/aromatic N) is 3. The van der Waals surface area contributed by atoms with Gasteiger partial charge in [-0.15, -0.1) is 0 Å². The number of hydrogen-bond donors (Lipinski definition) is 1. The Morgan fingerprint density at radius 1 is 1.10 bits per heavy atom. The van der Waals surface area contributed by atoms with Crippen LogP contribution >= 0.6 is 11.5 Å². The van der Waals surface area contributed by atoms with Gasteiger partial charge >= 0.3 is 6.18 Å². The summed E-state index contributed by atoms with van der Waals surface area (Å²) in [4.78, 5) is 8.03. The molecule has 3 aromatic rings. The maximum atomic E-state index is 13.1. The molecule has 0 saturated carbocycles. The van der Waals surface area contributed by atoms with Crippen LogP contribution in [0.3, 0.4) is 0 Å². The number of benzene rings is 1. The quantitative estimate of drug-likeness (QED) is 0.748. The second-order valence-electron chi connectivity index (χ2n) is 4.03. The fraction of sp³-hybridized carbons (Fsp3) is 0.0833. The van der Waals surface area contributed by atoms with Crippen LogP contribution in [0, 0.1) is 0 Å². The Bertz CT molecular complexity index is 782. The molecular weight excluding hydrogens is 289 g/mol. The third-order valence-corrected chi connectivity index (χ3v) is 3.23. The van der Waals surface area contributed by atoms with E-state index in [1.54, 1.807) is 6.07 Å². The molecule has 0 spiro atoms. The predicted octanol–water partition coefficient (Wildman–Crippen LogP) is 3.35. The van der Waals surface area contributed by atoms with Gasteiger partial charge in [0.25, 0.3) is 0 Å².